The van der Waals surface area contributed by atoms with Gasteiger partial charge in [0, 0.05) is 35.5 Å². The largest absolute Gasteiger partial charge is 0.467 e. The maximum Gasteiger partial charge on any atom is 0.189 e. The van der Waals surface area contributed by atoms with E-state index in [1.54, 1.807) is 6.20 Å². The Hall–Kier alpha value is -3.03. The zero-order valence-electron chi connectivity index (χ0n) is 17.9. The van der Waals surface area contributed by atoms with Crippen LogP contribution in [0.3, 0.4) is 0 Å². The number of aromatic nitrogens is 2. The van der Waals surface area contributed by atoms with Crippen molar-refractivity contribution in [3.05, 3.63) is 71.4 Å². The molecule has 0 amide bonds. The van der Waals surface area contributed by atoms with Crippen LogP contribution in [0, 0.1) is 5.82 Å². The molecule has 5 rings (SSSR count). The minimum Gasteiger partial charge on any atom is -0.467 e. The summed E-state index contributed by atoms with van der Waals surface area (Å²) in [6.07, 6.45) is 5.24. The molecule has 2 N–H and O–H groups in total. The number of piperidine rings is 1. The number of halogens is 1. The third kappa shape index (κ3) is 4.89. The van der Waals surface area contributed by atoms with Gasteiger partial charge in [0.1, 0.15) is 17.4 Å². The van der Waals surface area contributed by atoms with E-state index >= 15 is 0 Å². The molecular formula is C25H27FN4O2. The van der Waals surface area contributed by atoms with Crippen molar-refractivity contribution < 1.29 is 13.9 Å². The van der Waals surface area contributed by atoms with E-state index < -0.39 is 0 Å². The first-order chi connectivity index (χ1) is 15.7. The fraction of sp³-hybridized carbons (Fsp3) is 0.360. The van der Waals surface area contributed by atoms with Gasteiger partial charge in [0.2, 0.25) is 0 Å². The molecule has 1 aromatic heterocycles. The molecule has 2 aromatic carbocycles. The number of hydrogen-bond donors (Lipinski definition) is 2. The van der Waals surface area contributed by atoms with Crippen LogP contribution in [-0.4, -0.2) is 35.9 Å². The summed E-state index contributed by atoms with van der Waals surface area (Å²) in [4.78, 5) is 9.21. The molecule has 166 valence electrons. The summed E-state index contributed by atoms with van der Waals surface area (Å²) in [5.41, 5.74) is 4.62. The van der Waals surface area contributed by atoms with Gasteiger partial charge in [-0.25, -0.2) is 14.4 Å². The van der Waals surface area contributed by atoms with Crippen LogP contribution < -0.4 is 15.4 Å². The molecule has 3 heterocycles. The number of anilines is 1. The van der Waals surface area contributed by atoms with Gasteiger partial charge in [-0.15, -0.1) is 0 Å². The highest BCUT2D eigenvalue weighted by atomic mass is 19.1. The van der Waals surface area contributed by atoms with Crippen molar-refractivity contribution in [2.45, 2.75) is 38.3 Å². The summed E-state index contributed by atoms with van der Waals surface area (Å²) >= 11 is 0. The predicted octanol–water partition coefficient (Wildman–Crippen LogP) is 4.10. The van der Waals surface area contributed by atoms with Gasteiger partial charge < -0.3 is 20.1 Å². The summed E-state index contributed by atoms with van der Waals surface area (Å²) in [5.74, 6) is 1.18. The number of ether oxygens (including phenoxy) is 2. The number of fused-ring (bicyclic) bond motifs is 1. The average Bonchev–Trinajstić information content (AvgIpc) is 2.83. The minimum absolute atomic E-state index is 0.194. The summed E-state index contributed by atoms with van der Waals surface area (Å²) in [5, 5.41) is 7.04. The van der Waals surface area contributed by atoms with Crippen molar-refractivity contribution in [2.75, 3.05) is 25.2 Å². The van der Waals surface area contributed by atoms with Gasteiger partial charge in [-0.2, -0.15) is 0 Å². The Balaban J connectivity index is 1.30. The third-order valence-corrected chi connectivity index (χ3v) is 5.94. The fourth-order valence-electron chi connectivity index (χ4n) is 4.34. The highest BCUT2D eigenvalue weighted by molar-refractivity contribution is 5.65. The maximum atomic E-state index is 14.0. The molecule has 0 unspecified atom stereocenters. The molecular weight excluding hydrogens is 407 g/mol. The summed E-state index contributed by atoms with van der Waals surface area (Å²) in [6, 6.07) is 13.8. The van der Waals surface area contributed by atoms with E-state index in [0.29, 0.717) is 25.5 Å². The van der Waals surface area contributed by atoms with Gasteiger partial charge >= 0.3 is 0 Å². The van der Waals surface area contributed by atoms with E-state index in [9.17, 15) is 4.39 Å². The molecule has 6 nitrogen and oxygen atoms in total. The Morgan fingerprint density at radius 1 is 1.09 bits per heavy atom. The molecule has 32 heavy (non-hydrogen) atoms. The first kappa shape index (κ1) is 20.8. The molecule has 1 fully saturated rings. The van der Waals surface area contributed by atoms with Crippen LogP contribution in [0.1, 0.15) is 29.8 Å². The van der Waals surface area contributed by atoms with Crippen molar-refractivity contribution in [1.82, 2.24) is 15.3 Å². The quantitative estimate of drug-likeness (QED) is 0.609. The molecule has 3 aromatic rings. The first-order valence-corrected chi connectivity index (χ1v) is 11.2. The lowest BCUT2D eigenvalue weighted by Crippen LogP contribution is -2.35. The standard InChI is InChI=1S/C25H27FN4O2/c26-20-12-18(25-19(13-20)15-31-16-32-25)4-5-24-28-11-8-23(30-24)17-2-1-3-22(14-17)29-21-6-9-27-10-7-21/h1-3,8,11-14,21,27,29H,4-7,9-10,15-16H2. The van der Waals surface area contributed by atoms with Crippen LogP contribution in [0.15, 0.2) is 48.7 Å². The lowest BCUT2D eigenvalue weighted by Gasteiger charge is -2.24. The normalized spacial score (nSPS) is 16.3. The molecule has 2 aliphatic heterocycles. The summed E-state index contributed by atoms with van der Waals surface area (Å²) < 4.78 is 24.9. The SMILES string of the molecule is Fc1cc(CCc2nccc(-c3cccc(NC4CCNCC4)c3)n2)c2c(c1)COCO2. The molecule has 0 spiro atoms. The van der Waals surface area contributed by atoms with Crippen LogP contribution in [0.2, 0.25) is 0 Å². The highest BCUT2D eigenvalue weighted by Crippen LogP contribution is 2.30. The van der Waals surface area contributed by atoms with Crippen LogP contribution in [0.4, 0.5) is 10.1 Å². The second-order valence-corrected chi connectivity index (χ2v) is 8.27. The second-order valence-electron chi connectivity index (χ2n) is 8.27. The minimum atomic E-state index is -0.277. The molecule has 7 heteroatoms. The zero-order valence-corrected chi connectivity index (χ0v) is 17.9. The summed E-state index contributed by atoms with van der Waals surface area (Å²) in [7, 11) is 0. The lowest BCUT2D eigenvalue weighted by molar-refractivity contribution is -0.0172. The Bertz CT molecular complexity index is 1090. The van der Waals surface area contributed by atoms with Crippen molar-refractivity contribution in [3.8, 4) is 17.0 Å². The van der Waals surface area contributed by atoms with Gasteiger partial charge in [0.05, 0.1) is 12.3 Å². The Morgan fingerprint density at radius 2 is 2.00 bits per heavy atom. The Kier molecular flexibility index (Phi) is 6.27. The van der Waals surface area contributed by atoms with E-state index in [0.717, 1.165) is 65.6 Å². The van der Waals surface area contributed by atoms with Crippen LogP contribution in [0.25, 0.3) is 11.3 Å². The van der Waals surface area contributed by atoms with Crippen molar-refractivity contribution in [1.29, 1.82) is 0 Å². The van der Waals surface area contributed by atoms with E-state index in [1.165, 1.54) is 12.1 Å². The predicted molar refractivity (Wildman–Crippen MR) is 121 cm³/mol. The average molecular weight is 435 g/mol. The third-order valence-electron chi connectivity index (χ3n) is 5.94. The number of rotatable bonds is 6. The topological polar surface area (TPSA) is 68.3 Å². The number of hydrogen-bond acceptors (Lipinski definition) is 6. The fourth-order valence-corrected chi connectivity index (χ4v) is 4.34. The van der Waals surface area contributed by atoms with Crippen LogP contribution >= 0.6 is 0 Å². The Labute approximate surface area is 187 Å². The van der Waals surface area contributed by atoms with E-state index in [4.69, 9.17) is 14.5 Å². The summed E-state index contributed by atoms with van der Waals surface area (Å²) in [6.45, 7) is 2.67. The number of benzene rings is 2. The zero-order chi connectivity index (χ0) is 21.8. The molecule has 0 atom stereocenters. The maximum absolute atomic E-state index is 14.0. The lowest BCUT2D eigenvalue weighted by atomic mass is 10.0. The van der Waals surface area contributed by atoms with Gasteiger partial charge in [0.15, 0.2) is 6.79 Å². The first-order valence-electron chi connectivity index (χ1n) is 11.2. The molecule has 0 aliphatic carbocycles. The monoisotopic (exact) mass is 434 g/mol. The van der Waals surface area contributed by atoms with E-state index in [1.807, 2.05) is 6.07 Å². The van der Waals surface area contributed by atoms with Gasteiger partial charge in [-0.1, -0.05) is 12.1 Å². The molecule has 0 bridgehead atoms. The number of nitrogens with zero attached hydrogens (tertiary/aromatic N) is 2. The van der Waals surface area contributed by atoms with Crippen LogP contribution in [-0.2, 0) is 24.2 Å². The smallest absolute Gasteiger partial charge is 0.189 e. The number of nitrogens with one attached hydrogen (secondary N) is 2. The van der Waals surface area contributed by atoms with Gasteiger partial charge in [-0.3, -0.25) is 0 Å². The van der Waals surface area contributed by atoms with Crippen molar-refractivity contribution in [3.63, 3.8) is 0 Å². The molecule has 0 radical (unpaired) electrons. The van der Waals surface area contributed by atoms with Crippen molar-refractivity contribution in [2.24, 2.45) is 0 Å². The van der Waals surface area contributed by atoms with E-state index in [2.05, 4.69) is 39.9 Å². The Morgan fingerprint density at radius 3 is 2.91 bits per heavy atom. The molecule has 1 saturated heterocycles. The van der Waals surface area contributed by atoms with Gasteiger partial charge in [0.25, 0.3) is 0 Å². The van der Waals surface area contributed by atoms with Gasteiger partial charge in [-0.05, 0) is 68.2 Å². The van der Waals surface area contributed by atoms with E-state index in [-0.39, 0.29) is 12.6 Å². The van der Waals surface area contributed by atoms with Crippen molar-refractivity contribution >= 4 is 5.69 Å². The molecule has 2 aliphatic rings. The number of aryl methyl sites for hydroxylation is 2. The molecule has 0 saturated carbocycles. The second kappa shape index (κ2) is 9.63. The van der Waals surface area contributed by atoms with Crippen LogP contribution in [0.5, 0.6) is 5.75 Å². The highest BCUT2D eigenvalue weighted by Gasteiger charge is 2.17.